The predicted molar refractivity (Wildman–Crippen MR) is 124 cm³/mol. The molecule has 2 heterocycles. The quantitative estimate of drug-likeness (QED) is 0.401. The second kappa shape index (κ2) is 8.46. The first-order valence-corrected chi connectivity index (χ1v) is 10.9. The van der Waals surface area contributed by atoms with Crippen molar-refractivity contribution in [3.05, 3.63) is 70.3 Å². The Morgan fingerprint density at radius 2 is 1.77 bits per heavy atom. The van der Waals surface area contributed by atoms with E-state index in [4.69, 9.17) is 0 Å². The molecule has 2 atom stereocenters. The smallest absolute Gasteiger partial charge is 0.329 e. The number of aryl methyl sites for hydroxylation is 1. The summed E-state index contributed by atoms with van der Waals surface area (Å²) in [5.41, 5.74) is 4.96. The van der Waals surface area contributed by atoms with E-state index >= 15 is 0 Å². The maximum absolute atomic E-state index is 13.8. The number of carboxylic acids is 1. The van der Waals surface area contributed by atoms with Gasteiger partial charge in [0.2, 0.25) is 0 Å². The highest BCUT2D eigenvalue weighted by Gasteiger charge is 2.25. The number of aromatic amines is 1. The minimum Gasteiger partial charge on any atom is -0.481 e. The van der Waals surface area contributed by atoms with E-state index in [9.17, 15) is 14.7 Å². The first kappa shape index (κ1) is 21.0. The predicted octanol–water partition coefficient (Wildman–Crippen LogP) is 5.41. The Hall–Kier alpha value is -3.28. The molecule has 0 spiro atoms. The van der Waals surface area contributed by atoms with Crippen LogP contribution in [0.25, 0.3) is 21.9 Å². The molecule has 0 aliphatic carbocycles. The number of benzene rings is 2. The molecule has 0 aliphatic heterocycles. The largest absolute Gasteiger partial charge is 0.481 e. The lowest BCUT2D eigenvalue weighted by Crippen LogP contribution is -2.30. The number of aliphatic carboxylic acids is 1. The zero-order valence-corrected chi connectivity index (χ0v) is 18.3. The Kier molecular flexibility index (Phi) is 5.72. The molecule has 4 rings (SSSR count). The van der Waals surface area contributed by atoms with Gasteiger partial charge in [-0.25, -0.2) is 4.79 Å². The third kappa shape index (κ3) is 3.67. The van der Waals surface area contributed by atoms with Crippen molar-refractivity contribution in [1.29, 1.82) is 0 Å². The fraction of sp³-hybridized carbons (Fsp3) is 0.360. The van der Waals surface area contributed by atoms with Crippen LogP contribution in [0.4, 0.5) is 0 Å². The van der Waals surface area contributed by atoms with Crippen molar-refractivity contribution in [1.82, 2.24) is 14.1 Å². The lowest BCUT2D eigenvalue weighted by Gasteiger charge is -2.18. The van der Waals surface area contributed by atoms with Gasteiger partial charge in [-0.2, -0.15) is 0 Å². The van der Waals surface area contributed by atoms with Crippen LogP contribution in [-0.2, 0) is 4.79 Å². The number of rotatable bonds is 8. The molecular weight excluding hydrogens is 390 g/mol. The highest BCUT2D eigenvalue weighted by Crippen LogP contribution is 2.32. The fourth-order valence-electron chi connectivity index (χ4n) is 4.81. The molecule has 0 saturated heterocycles. The number of fused-ring (bicyclic) bond motifs is 2. The van der Waals surface area contributed by atoms with Crippen LogP contribution in [-0.4, -0.2) is 25.2 Å². The molecule has 0 amide bonds. The number of carboxylic acid groups (broad SMARTS) is 1. The summed E-state index contributed by atoms with van der Waals surface area (Å²) in [7, 11) is 0. The standard InChI is InChI=1S/C25H29N3O3/c1-4-8-18(13-14-23(29)30)28-22-12-6-5-11-21(22)27(25(28)31)17(3)19-15-26-20-10-7-9-16(2)24(19)20/h5-7,9-12,15,17-18,26H,4,8,13-14H2,1-3H3,(H,29,30). The minimum absolute atomic E-state index is 0.0494. The number of para-hydroxylation sites is 2. The fourth-order valence-corrected chi connectivity index (χ4v) is 4.81. The SMILES string of the molecule is CCCC(CCC(=O)O)n1c(=O)n(C(C)c2c[nH]c3cccc(C)c23)c2ccccc21. The maximum Gasteiger partial charge on any atom is 0.329 e. The zero-order chi connectivity index (χ0) is 22.1. The van der Waals surface area contributed by atoms with Gasteiger partial charge in [-0.3, -0.25) is 13.9 Å². The number of carbonyl (C=O) groups is 1. The molecule has 0 radical (unpaired) electrons. The van der Waals surface area contributed by atoms with E-state index in [2.05, 4.69) is 31.8 Å². The van der Waals surface area contributed by atoms with Crippen LogP contribution >= 0.6 is 0 Å². The van der Waals surface area contributed by atoms with Crippen molar-refractivity contribution >= 4 is 27.9 Å². The molecule has 0 fully saturated rings. The summed E-state index contributed by atoms with van der Waals surface area (Å²) < 4.78 is 3.67. The van der Waals surface area contributed by atoms with Gasteiger partial charge in [0.25, 0.3) is 0 Å². The van der Waals surface area contributed by atoms with Crippen molar-refractivity contribution in [2.24, 2.45) is 0 Å². The van der Waals surface area contributed by atoms with Crippen LogP contribution in [0, 0.1) is 6.92 Å². The van der Waals surface area contributed by atoms with Gasteiger partial charge in [-0.05, 0) is 50.5 Å². The van der Waals surface area contributed by atoms with Gasteiger partial charge in [0.05, 0.1) is 17.1 Å². The number of nitrogens with zero attached hydrogens (tertiary/aromatic N) is 2. The summed E-state index contributed by atoms with van der Waals surface area (Å²) in [6.45, 7) is 6.20. The summed E-state index contributed by atoms with van der Waals surface area (Å²) in [5, 5.41) is 10.4. The number of H-pyrrole nitrogens is 1. The van der Waals surface area contributed by atoms with Gasteiger partial charge < -0.3 is 10.1 Å². The lowest BCUT2D eigenvalue weighted by atomic mass is 10.0. The highest BCUT2D eigenvalue weighted by atomic mass is 16.4. The molecule has 2 unspecified atom stereocenters. The summed E-state index contributed by atoms with van der Waals surface area (Å²) in [5.74, 6) is -0.833. The van der Waals surface area contributed by atoms with Crippen molar-refractivity contribution < 1.29 is 9.90 Å². The molecule has 4 aromatic rings. The lowest BCUT2D eigenvalue weighted by molar-refractivity contribution is -0.137. The maximum atomic E-state index is 13.8. The monoisotopic (exact) mass is 419 g/mol. The summed E-state index contributed by atoms with van der Waals surface area (Å²) in [4.78, 5) is 28.3. The second-order valence-electron chi connectivity index (χ2n) is 8.30. The van der Waals surface area contributed by atoms with Crippen LogP contribution in [0.5, 0.6) is 0 Å². The van der Waals surface area contributed by atoms with Crippen LogP contribution in [0.15, 0.2) is 53.5 Å². The van der Waals surface area contributed by atoms with Crippen LogP contribution < -0.4 is 5.69 Å². The van der Waals surface area contributed by atoms with E-state index in [1.54, 1.807) is 0 Å². The average molecular weight is 420 g/mol. The molecule has 162 valence electrons. The summed E-state index contributed by atoms with van der Waals surface area (Å²) in [6, 6.07) is 13.7. The Balaban J connectivity index is 1.90. The molecule has 2 N–H and O–H groups in total. The number of imidazole rings is 1. The van der Waals surface area contributed by atoms with Crippen LogP contribution in [0.2, 0.25) is 0 Å². The minimum atomic E-state index is -0.833. The van der Waals surface area contributed by atoms with E-state index in [0.717, 1.165) is 40.3 Å². The first-order valence-electron chi connectivity index (χ1n) is 10.9. The Bertz CT molecular complexity index is 1290. The Morgan fingerprint density at radius 3 is 2.45 bits per heavy atom. The van der Waals surface area contributed by atoms with Gasteiger partial charge in [0, 0.05) is 35.1 Å². The van der Waals surface area contributed by atoms with E-state index in [1.807, 2.05) is 51.7 Å². The molecule has 31 heavy (non-hydrogen) atoms. The second-order valence-corrected chi connectivity index (χ2v) is 8.30. The molecule has 6 nitrogen and oxygen atoms in total. The number of nitrogens with one attached hydrogen (secondary N) is 1. The highest BCUT2D eigenvalue weighted by molar-refractivity contribution is 5.87. The molecular formula is C25H29N3O3. The average Bonchev–Trinajstić information content (AvgIpc) is 3.30. The van der Waals surface area contributed by atoms with Crippen molar-refractivity contribution in [2.75, 3.05) is 0 Å². The van der Waals surface area contributed by atoms with Gasteiger partial charge >= 0.3 is 11.7 Å². The Labute approximate surface area is 181 Å². The third-order valence-electron chi connectivity index (χ3n) is 6.27. The summed E-state index contributed by atoms with van der Waals surface area (Å²) >= 11 is 0. The Morgan fingerprint density at radius 1 is 1.06 bits per heavy atom. The normalized spacial score (nSPS) is 13.6. The van der Waals surface area contributed by atoms with Gasteiger partial charge in [0.1, 0.15) is 0 Å². The summed E-state index contributed by atoms with van der Waals surface area (Å²) in [6.07, 6.45) is 4.13. The zero-order valence-electron chi connectivity index (χ0n) is 18.3. The molecule has 2 aromatic heterocycles. The van der Waals surface area contributed by atoms with E-state index in [-0.39, 0.29) is 24.2 Å². The topological polar surface area (TPSA) is 80.0 Å². The molecule has 0 bridgehead atoms. The first-order chi connectivity index (χ1) is 14.9. The van der Waals surface area contributed by atoms with E-state index < -0.39 is 5.97 Å². The van der Waals surface area contributed by atoms with Gasteiger partial charge in [-0.1, -0.05) is 37.6 Å². The molecule has 0 aliphatic rings. The number of hydrogen-bond acceptors (Lipinski definition) is 2. The van der Waals surface area contributed by atoms with E-state index in [1.165, 1.54) is 5.56 Å². The molecule has 2 aromatic carbocycles. The van der Waals surface area contributed by atoms with E-state index in [0.29, 0.717) is 6.42 Å². The number of aromatic nitrogens is 3. The molecule has 6 heteroatoms. The van der Waals surface area contributed by atoms with Crippen LogP contribution in [0.1, 0.15) is 62.7 Å². The third-order valence-corrected chi connectivity index (χ3v) is 6.27. The van der Waals surface area contributed by atoms with Crippen molar-refractivity contribution in [2.45, 2.75) is 58.5 Å². The molecule has 0 saturated carbocycles. The number of hydrogen-bond donors (Lipinski definition) is 2. The van der Waals surface area contributed by atoms with Gasteiger partial charge in [-0.15, -0.1) is 0 Å². The van der Waals surface area contributed by atoms with Gasteiger partial charge in [0.15, 0.2) is 0 Å². The van der Waals surface area contributed by atoms with Crippen molar-refractivity contribution in [3.63, 3.8) is 0 Å². The van der Waals surface area contributed by atoms with Crippen molar-refractivity contribution in [3.8, 4) is 0 Å². The van der Waals surface area contributed by atoms with Crippen LogP contribution in [0.3, 0.4) is 0 Å².